The molecular weight excluding hydrogens is 290 g/mol. The number of aryl methyl sites for hydroxylation is 1. The number of oxazole rings is 1. The van der Waals surface area contributed by atoms with E-state index in [0.717, 1.165) is 5.52 Å². The van der Waals surface area contributed by atoms with Gasteiger partial charge in [-0.3, -0.25) is 0 Å². The number of carbonyl (C=O) groups excluding carboxylic acids is 1. The molecule has 0 saturated carbocycles. The lowest BCUT2D eigenvalue weighted by atomic mass is 10.3. The predicted octanol–water partition coefficient (Wildman–Crippen LogP) is 4.43. The minimum Gasteiger partial charge on any atom is -0.441 e. The molecule has 0 radical (unpaired) electrons. The maximum Gasteiger partial charge on any atom is 0.323 e. The van der Waals surface area contributed by atoms with Crippen molar-refractivity contribution >= 4 is 40.1 Å². The first-order chi connectivity index (χ1) is 10.1. The number of urea groups is 1. The van der Waals surface area contributed by atoms with E-state index in [1.807, 2.05) is 0 Å². The van der Waals surface area contributed by atoms with Gasteiger partial charge in [-0.1, -0.05) is 11.6 Å². The maximum atomic E-state index is 11.9. The molecule has 0 bridgehead atoms. The van der Waals surface area contributed by atoms with Crippen molar-refractivity contribution in [2.75, 3.05) is 10.6 Å². The van der Waals surface area contributed by atoms with Crippen molar-refractivity contribution in [2.24, 2.45) is 0 Å². The van der Waals surface area contributed by atoms with Gasteiger partial charge in [-0.15, -0.1) is 0 Å². The number of benzene rings is 2. The minimum atomic E-state index is -0.340. The molecule has 2 amide bonds. The summed E-state index contributed by atoms with van der Waals surface area (Å²) in [6.07, 6.45) is 0. The Morgan fingerprint density at radius 3 is 2.52 bits per heavy atom. The molecule has 3 rings (SSSR count). The van der Waals surface area contributed by atoms with E-state index in [2.05, 4.69) is 15.6 Å². The second-order valence-electron chi connectivity index (χ2n) is 4.50. The lowest BCUT2D eigenvalue weighted by Crippen LogP contribution is -2.19. The molecule has 0 atom stereocenters. The molecule has 0 saturated heterocycles. The van der Waals surface area contributed by atoms with Gasteiger partial charge in [-0.25, -0.2) is 9.78 Å². The fourth-order valence-corrected chi connectivity index (χ4v) is 2.07. The second kappa shape index (κ2) is 5.46. The summed E-state index contributed by atoms with van der Waals surface area (Å²) in [6.45, 7) is 1.78. The standard InChI is InChI=1S/C15H12ClN3O2/c1-9-17-13-7-6-12(8-14(13)21-9)19-15(20)18-11-4-2-10(16)3-5-11/h2-8H,1H3,(H2,18,19,20). The molecule has 1 heterocycles. The van der Waals surface area contributed by atoms with E-state index in [1.165, 1.54) is 0 Å². The van der Waals surface area contributed by atoms with Crippen LogP contribution in [0.4, 0.5) is 16.2 Å². The monoisotopic (exact) mass is 301 g/mol. The van der Waals surface area contributed by atoms with E-state index in [1.54, 1.807) is 49.4 Å². The molecule has 0 aliphatic rings. The average molecular weight is 302 g/mol. The summed E-state index contributed by atoms with van der Waals surface area (Å²) in [4.78, 5) is 16.1. The number of halogens is 1. The molecule has 2 aromatic carbocycles. The lowest BCUT2D eigenvalue weighted by Gasteiger charge is -2.07. The molecule has 3 aromatic rings. The van der Waals surface area contributed by atoms with Crippen molar-refractivity contribution in [3.05, 3.63) is 53.4 Å². The summed E-state index contributed by atoms with van der Waals surface area (Å²) >= 11 is 5.79. The molecule has 1 aromatic heterocycles. The van der Waals surface area contributed by atoms with Crippen LogP contribution in [-0.2, 0) is 0 Å². The van der Waals surface area contributed by atoms with Crippen LogP contribution in [-0.4, -0.2) is 11.0 Å². The highest BCUT2D eigenvalue weighted by Gasteiger charge is 2.06. The summed E-state index contributed by atoms with van der Waals surface area (Å²) < 4.78 is 5.42. The molecule has 0 unspecified atom stereocenters. The topological polar surface area (TPSA) is 67.2 Å². The largest absolute Gasteiger partial charge is 0.441 e. The van der Waals surface area contributed by atoms with Crippen molar-refractivity contribution < 1.29 is 9.21 Å². The van der Waals surface area contributed by atoms with Crippen LogP contribution >= 0.6 is 11.6 Å². The van der Waals surface area contributed by atoms with E-state index < -0.39 is 0 Å². The van der Waals surface area contributed by atoms with Gasteiger partial charge in [0.05, 0.1) is 0 Å². The molecule has 106 valence electrons. The fraction of sp³-hybridized carbons (Fsp3) is 0.0667. The van der Waals surface area contributed by atoms with E-state index in [-0.39, 0.29) is 6.03 Å². The third-order valence-corrected chi connectivity index (χ3v) is 3.11. The highest BCUT2D eigenvalue weighted by molar-refractivity contribution is 6.30. The van der Waals surface area contributed by atoms with Gasteiger partial charge in [0.1, 0.15) is 5.52 Å². The highest BCUT2D eigenvalue weighted by atomic mass is 35.5. The summed E-state index contributed by atoms with van der Waals surface area (Å²) in [7, 11) is 0. The second-order valence-corrected chi connectivity index (χ2v) is 4.94. The molecule has 5 nitrogen and oxygen atoms in total. The fourth-order valence-electron chi connectivity index (χ4n) is 1.94. The maximum absolute atomic E-state index is 11.9. The van der Waals surface area contributed by atoms with Gasteiger partial charge in [0.2, 0.25) is 0 Å². The zero-order chi connectivity index (χ0) is 14.8. The van der Waals surface area contributed by atoms with Crippen molar-refractivity contribution in [1.82, 2.24) is 4.98 Å². The summed E-state index contributed by atoms with van der Waals surface area (Å²) in [6, 6.07) is 11.8. The first kappa shape index (κ1) is 13.5. The van der Waals surface area contributed by atoms with E-state index in [4.69, 9.17) is 16.0 Å². The molecule has 0 aliphatic carbocycles. The number of hydrogen-bond acceptors (Lipinski definition) is 3. The van der Waals surface area contributed by atoms with Gasteiger partial charge in [-0.2, -0.15) is 0 Å². The van der Waals surface area contributed by atoms with Crippen LogP contribution in [0.25, 0.3) is 11.1 Å². The van der Waals surface area contributed by atoms with Crippen LogP contribution < -0.4 is 10.6 Å². The van der Waals surface area contributed by atoms with Gasteiger partial charge in [0.25, 0.3) is 0 Å². The van der Waals surface area contributed by atoms with Gasteiger partial charge in [-0.05, 0) is 36.4 Å². The third kappa shape index (κ3) is 3.14. The van der Waals surface area contributed by atoms with Crippen LogP contribution in [0.3, 0.4) is 0 Å². The van der Waals surface area contributed by atoms with Gasteiger partial charge in [0, 0.05) is 29.4 Å². The van der Waals surface area contributed by atoms with Crippen LogP contribution in [0, 0.1) is 6.92 Å². The van der Waals surface area contributed by atoms with Crippen LogP contribution in [0.2, 0.25) is 5.02 Å². The predicted molar refractivity (Wildman–Crippen MR) is 82.8 cm³/mol. The van der Waals surface area contributed by atoms with Crippen LogP contribution in [0.1, 0.15) is 5.89 Å². The zero-order valence-corrected chi connectivity index (χ0v) is 11.9. The Labute approximate surface area is 125 Å². The van der Waals surface area contributed by atoms with Gasteiger partial charge < -0.3 is 15.1 Å². The molecule has 2 N–H and O–H groups in total. The molecule has 0 aliphatic heterocycles. The summed E-state index contributed by atoms with van der Waals surface area (Å²) in [5, 5.41) is 6.07. The molecule has 6 heteroatoms. The average Bonchev–Trinajstić information content (AvgIpc) is 2.80. The number of aromatic nitrogens is 1. The van der Waals surface area contributed by atoms with Crippen molar-refractivity contribution in [1.29, 1.82) is 0 Å². The van der Waals surface area contributed by atoms with Crippen molar-refractivity contribution in [2.45, 2.75) is 6.92 Å². The van der Waals surface area contributed by atoms with Gasteiger partial charge in [0.15, 0.2) is 11.5 Å². The molecule has 0 fully saturated rings. The highest BCUT2D eigenvalue weighted by Crippen LogP contribution is 2.20. The Kier molecular flexibility index (Phi) is 3.50. The van der Waals surface area contributed by atoms with E-state index >= 15 is 0 Å². The SMILES string of the molecule is Cc1nc2ccc(NC(=O)Nc3ccc(Cl)cc3)cc2o1. The van der Waals surface area contributed by atoms with Gasteiger partial charge >= 0.3 is 6.03 Å². The quantitative estimate of drug-likeness (QED) is 0.735. The number of rotatable bonds is 2. The Balaban J connectivity index is 1.71. The Bertz CT molecular complexity index is 796. The number of nitrogens with one attached hydrogen (secondary N) is 2. The molecule has 21 heavy (non-hydrogen) atoms. The minimum absolute atomic E-state index is 0.340. The number of fused-ring (bicyclic) bond motifs is 1. The number of nitrogens with zero attached hydrogens (tertiary/aromatic N) is 1. The number of amides is 2. The van der Waals surface area contributed by atoms with Crippen LogP contribution in [0.5, 0.6) is 0 Å². The van der Waals surface area contributed by atoms with Crippen molar-refractivity contribution in [3.8, 4) is 0 Å². The summed E-state index contributed by atoms with van der Waals surface area (Å²) in [5.74, 6) is 0.591. The summed E-state index contributed by atoms with van der Waals surface area (Å²) in [5.41, 5.74) is 2.69. The number of anilines is 2. The van der Waals surface area contributed by atoms with E-state index in [9.17, 15) is 4.79 Å². The third-order valence-electron chi connectivity index (χ3n) is 2.86. The first-order valence-electron chi connectivity index (χ1n) is 6.31. The Morgan fingerprint density at radius 2 is 1.76 bits per heavy atom. The van der Waals surface area contributed by atoms with Crippen molar-refractivity contribution in [3.63, 3.8) is 0 Å². The number of hydrogen-bond donors (Lipinski definition) is 2. The normalized spacial score (nSPS) is 10.6. The van der Waals surface area contributed by atoms with Crippen LogP contribution in [0.15, 0.2) is 46.9 Å². The smallest absolute Gasteiger partial charge is 0.323 e. The molecular formula is C15H12ClN3O2. The number of carbonyl (C=O) groups is 1. The zero-order valence-electron chi connectivity index (χ0n) is 11.2. The molecule has 0 spiro atoms. The lowest BCUT2D eigenvalue weighted by molar-refractivity contribution is 0.262. The Hall–Kier alpha value is -2.53. The first-order valence-corrected chi connectivity index (χ1v) is 6.69. The Morgan fingerprint density at radius 1 is 1.10 bits per heavy atom. The van der Waals surface area contributed by atoms with E-state index in [0.29, 0.717) is 27.9 Å².